The van der Waals surface area contributed by atoms with Crippen LogP contribution in [0.25, 0.3) is 0 Å². The molecule has 0 aromatic heterocycles. The second kappa shape index (κ2) is 8.84. The SMILES string of the molecule is CC(C)C(NC(=O)CN(c1ccccc1Br)S(C)(=O)=O)c1ccc(F)cc1. The Morgan fingerprint density at radius 1 is 1.15 bits per heavy atom. The van der Waals surface area contributed by atoms with Crippen LogP contribution in [0, 0.1) is 11.7 Å². The maximum atomic E-state index is 13.2. The summed E-state index contributed by atoms with van der Waals surface area (Å²) < 4.78 is 39.3. The number of amides is 1. The second-order valence-electron chi connectivity index (χ2n) is 6.56. The van der Waals surface area contributed by atoms with Crippen LogP contribution in [0.2, 0.25) is 0 Å². The van der Waals surface area contributed by atoms with E-state index in [-0.39, 0.29) is 24.3 Å². The fraction of sp³-hybridized carbons (Fsp3) is 0.316. The van der Waals surface area contributed by atoms with Crippen LogP contribution in [-0.4, -0.2) is 27.1 Å². The van der Waals surface area contributed by atoms with E-state index in [1.54, 1.807) is 36.4 Å². The van der Waals surface area contributed by atoms with Gasteiger partial charge < -0.3 is 5.32 Å². The van der Waals surface area contributed by atoms with E-state index in [4.69, 9.17) is 0 Å². The molecule has 0 heterocycles. The fourth-order valence-electron chi connectivity index (χ4n) is 2.69. The quantitative estimate of drug-likeness (QED) is 0.687. The molecular formula is C19H22BrFN2O3S. The Morgan fingerprint density at radius 2 is 1.74 bits per heavy atom. The predicted octanol–water partition coefficient (Wildman–Crippen LogP) is 3.87. The molecule has 27 heavy (non-hydrogen) atoms. The lowest BCUT2D eigenvalue weighted by atomic mass is 9.96. The van der Waals surface area contributed by atoms with E-state index in [0.29, 0.717) is 10.2 Å². The summed E-state index contributed by atoms with van der Waals surface area (Å²) in [6.45, 7) is 3.50. The van der Waals surface area contributed by atoms with Gasteiger partial charge in [-0.05, 0) is 51.7 Å². The van der Waals surface area contributed by atoms with Gasteiger partial charge in [-0.1, -0.05) is 38.1 Å². The van der Waals surface area contributed by atoms with Gasteiger partial charge in [0.25, 0.3) is 0 Å². The molecule has 1 atom stereocenters. The van der Waals surface area contributed by atoms with Crippen LogP contribution < -0.4 is 9.62 Å². The maximum Gasteiger partial charge on any atom is 0.241 e. The highest BCUT2D eigenvalue weighted by atomic mass is 79.9. The van der Waals surface area contributed by atoms with Gasteiger partial charge in [-0.3, -0.25) is 9.10 Å². The summed E-state index contributed by atoms with van der Waals surface area (Å²) in [4.78, 5) is 12.6. The van der Waals surface area contributed by atoms with E-state index >= 15 is 0 Å². The van der Waals surface area contributed by atoms with Crippen molar-refractivity contribution < 1.29 is 17.6 Å². The van der Waals surface area contributed by atoms with Crippen molar-refractivity contribution in [3.8, 4) is 0 Å². The summed E-state index contributed by atoms with van der Waals surface area (Å²) >= 11 is 3.32. The molecule has 1 N–H and O–H groups in total. The third-order valence-electron chi connectivity index (χ3n) is 4.02. The Bertz CT molecular complexity index is 901. The second-order valence-corrected chi connectivity index (χ2v) is 9.32. The van der Waals surface area contributed by atoms with Gasteiger partial charge in [0, 0.05) is 4.47 Å². The zero-order chi connectivity index (χ0) is 20.2. The Kier molecular flexibility index (Phi) is 7.00. The number of nitrogens with zero attached hydrogens (tertiary/aromatic N) is 1. The highest BCUT2D eigenvalue weighted by molar-refractivity contribution is 9.10. The van der Waals surface area contributed by atoms with Crippen LogP contribution in [0.5, 0.6) is 0 Å². The molecule has 2 aromatic rings. The number of rotatable bonds is 7. The van der Waals surface area contributed by atoms with Crippen molar-refractivity contribution in [2.75, 3.05) is 17.1 Å². The minimum absolute atomic E-state index is 0.0366. The number of hydrogen-bond acceptors (Lipinski definition) is 3. The number of carbonyl (C=O) groups is 1. The minimum atomic E-state index is -3.67. The smallest absolute Gasteiger partial charge is 0.241 e. The molecule has 0 saturated carbocycles. The van der Waals surface area contributed by atoms with Gasteiger partial charge in [0.2, 0.25) is 15.9 Å². The Morgan fingerprint density at radius 3 is 2.26 bits per heavy atom. The van der Waals surface area contributed by atoms with Crippen molar-refractivity contribution in [2.45, 2.75) is 19.9 Å². The zero-order valence-corrected chi connectivity index (χ0v) is 17.7. The monoisotopic (exact) mass is 456 g/mol. The molecule has 0 spiro atoms. The highest BCUT2D eigenvalue weighted by Crippen LogP contribution is 2.28. The van der Waals surface area contributed by atoms with Crippen LogP contribution >= 0.6 is 15.9 Å². The van der Waals surface area contributed by atoms with Gasteiger partial charge in [-0.15, -0.1) is 0 Å². The minimum Gasteiger partial charge on any atom is -0.347 e. The van der Waals surface area contributed by atoms with E-state index in [9.17, 15) is 17.6 Å². The molecule has 146 valence electrons. The molecule has 5 nitrogen and oxygen atoms in total. The summed E-state index contributed by atoms with van der Waals surface area (Å²) in [5.74, 6) is -0.765. The zero-order valence-electron chi connectivity index (χ0n) is 15.3. The Hall–Kier alpha value is -1.93. The van der Waals surface area contributed by atoms with Gasteiger partial charge in [-0.2, -0.15) is 0 Å². The van der Waals surface area contributed by atoms with Crippen molar-refractivity contribution in [2.24, 2.45) is 5.92 Å². The molecule has 0 radical (unpaired) electrons. The highest BCUT2D eigenvalue weighted by Gasteiger charge is 2.25. The van der Waals surface area contributed by atoms with E-state index in [2.05, 4.69) is 21.2 Å². The lowest BCUT2D eigenvalue weighted by Crippen LogP contribution is -2.42. The molecule has 0 aliphatic carbocycles. The summed E-state index contributed by atoms with van der Waals surface area (Å²) in [6, 6.07) is 12.3. The number of para-hydroxylation sites is 1. The fourth-order valence-corrected chi connectivity index (χ4v) is 4.17. The summed E-state index contributed by atoms with van der Waals surface area (Å²) in [7, 11) is -3.67. The first-order chi connectivity index (χ1) is 12.6. The van der Waals surface area contributed by atoms with E-state index < -0.39 is 15.9 Å². The average molecular weight is 457 g/mol. The molecule has 1 unspecified atom stereocenters. The third kappa shape index (κ3) is 5.77. The molecule has 0 saturated heterocycles. The first-order valence-corrected chi connectivity index (χ1v) is 11.0. The molecule has 2 aromatic carbocycles. The molecule has 8 heteroatoms. The normalized spacial score (nSPS) is 12.7. The molecule has 0 aliphatic rings. The van der Waals surface area contributed by atoms with Gasteiger partial charge in [0.1, 0.15) is 12.4 Å². The van der Waals surface area contributed by atoms with Gasteiger partial charge in [0.05, 0.1) is 18.0 Å². The van der Waals surface area contributed by atoms with E-state index in [0.717, 1.165) is 16.1 Å². The van der Waals surface area contributed by atoms with Crippen molar-refractivity contribution in [3.05, 3.63) is 64.4 Å². The Balaban J connectivity index is 2.24. The van der Waals surface area contributed by atoms with Crippen molar-refractivity contribution in [3.63, 3.8) is 0 Å². The summed E-state index contributed by atoms with van der Waals surface area (Å²) in [5, 5.41) is 2.86. The maximum absolute atomic E-state index is 13.2. The molecule has 0 bridgehead atoms. The number of hydrogen-bond donors (Lipinski definition) is 1. The predicted molar refractivity (Wildman–Crippen MR) is 108 cm³/mol. The summed E-state index contributed by atoms with van der Waals surface area (Å²) in [6.07, 6.45) is 1.06. The van der Waals surface area contributed by atoms with Crippen molar-refractivity contribution in [1.29, 1.82) is 0 Å². The lowest BCUT2D eigenvalue weighted by molar-refractivity contribution is -0.120. The molecular weight excluding hydrogens is 435 g/mol. The summed E-state index contributed by atoms with van der Waals surface area (Å²) in [5.41, 5.74) is 1.14. The standard InChI is InChI=1S/C19H22BrFN2O3S/c1-13(2)19(14-8-10-15(21)11-9-14)22-18(24)12-23(27(3,25)26)17-7-5-4-6-16(17)20/h4-11,13,19H,12H2,1-3H3,(H,22,24). The van der Waals surface area contributed by atoms with Crippen LogP contribution in [0.4, 0.5) is 10.1 Å². The molecule has 0 fully saturated rings. The number of carbonyl (C=O) groups excluding carboxylic acids is 1. The van der Waals surface area contributed by atoms with E-state index in [1.165, 1.54) is 12.1 Å². The third-order valence-corrected chi connectivity index (χ3v) is 5.82. The lowest BCUT2D eigenvalue weighted by Gasteiger charge is -2.27. The molecule has 0 aliphatic heterocycles. The van der Waals surface area contributed by atoms with Crippen molar-refractivity contribution >= 4 is 37.5 Å². The van der Waals surface area contributed by atoms with E-state index in [1.807, 2.05) is 13.8 Å². The topological polar surface area (TPSA) is 66.5 Å². The van der Waals surface area contributed by atoms with Crippen molar-refractivity contribution in [1.82, 2.24) is 5.32 Å². The first-order valence-electron chi connectivity index (χ1n) is 8.36. The van der Waals surface area contributed by atoms with Gasteiger partial charge in [0.15, 0.2) is 0 Å². The molecule has 2 rings (SSSR count). The largest absolute Gasteiger partial charge is 0.347 e. The Labute approximate surface area is 167 Å². The van der Waals surface area contributed by atoms with Gasteiger partial charge in [-0.25, -0.2) is 12.8 Å². The van der Waals surface area contributed by atoms with Crippen LogP contribution in [0.3, 0.4) is 0 Å². The number of anilines is 1. The average Bonchev–Trinajstić information content (AvgIpc) is 2.58. The van der Waals surface area contributed by atoms with Crippen LogP contribution in [-0.2, 0) is 14.8 Å². The number of nitrogens with one attached hydrogen (secondary N) is 1. The number of benzene rings is 2. The number of sulfonamides is 1. The molecule has 1 amide bonds. The first kappa shape index (κ1) is 21.4. The van der Waals surface area contributed by atoms with Crippen LogP contribution in [0.1, 0.15) is 25.5 Å². The van der Waals surface area contributed by atoms with Gasteiger partial charge >= 0.3 is 0 Å². The van der Waals surface area contributed by atoms with Crippen LogP contribution in [0.15, 0.2) is 53.0 Å². The number of halogens is 2.